The van der Waals surface area contributed by atoms with Gasteiger partial charge in [-0.05, 0) is 55.8 Å². The summed E-state index contributed by atoms with van der Waals surface area (Å²) in [5.74, 6) is 0.869. The van der Waals surface area contributed by atoms with Crippen molar-refractivity contribution in [1.29, 1.82) is 5.26 Å². The van der Waals surface area contributed by atoms with Crippen LogP contribution in [0.3, 0.4) is 0 Å². The van der Waals surface area contributed by atoms with Crippen molar-refractivity contribution in [3.05, 3.63) is 70.9 Å². The van der Waals surface area contributed by atoms with Gasteiger partial charge in [0.25, 0.3) is 0 Å². The van der Waals surface area contributed by atoms with E-state index in [4.69, 9.17) is 16.0 Å². The van der Waals surface area contributed by atoms with Gasteiger partial charge in [-0.2, -0.15) is 10.2 Å². The summed E-state index contributed by atoms with van der Waals surface area (Å²) >= 11 is 6.09. The molecule has 1 N–H and O–H groups in total. The van der Waals surface area contributed by atoms with E-state index in [1.807, 2.05) is 42.5 Å². The molecule has 2 heterocycles. The van der Waals surface area contributed by atoms with Gasteiger partial charge in [-0.3, -0.25) is 4.90 Å². The molecule has 5 nitrogen and oxygen atoms in total. The van der Waals surface area contributed by atoms with Gasteiger partial charge in [0.1, 0.15) is 6.07 Å². The van der Waals surface area contributed by atoms with Crippen molar-refractivity contribution in [2.45, 2.75) is 25.3 Å². The molecule has 148 valence electrons. The molecule has 0 spiro atoms. The van der Waals surface area contributed by atoms with Gasteiger partial charge in [-0.15, -0.1) is 0 Å². The summed E-state index contributed by atoms with van der Waals surface area (Å²) in [4.78, 5) is 6.84. The number of piperidine rings is 1. The average molecular weight is 407 g/mol. The van der Waals surface area contributed by atoms with Crippen LogP contribution >= 0.6 is 11.6 Å². The van der Waals surface area contributed by atoms with Gasteiger partial charge in [0.2, 0.25) is 17.5 Å². The highest BCUT2D eigenvalue weighted by Crippen LogP contribution is 2.29. The Labute approximate surface area is 175 Å². The maximum absolute atomic E-state index is 9.50. The first-order chi connectivity index (χ1) is 14.2. The molecule has 29 heavy (non-hydrogen) atoms. The van der Waals surface area contributed by atoms with Crippen molar-refractivity contribution in [2.75, 3.05) is 25.0 Å². The molecule has 0 saturated carbocycles. The third-order valence-corrected chi connectivity index (χ3v) is 5.55. The number of benzene rings is 2. The highest BCUT2D eigenvalue weighted by molar-refractivity contribution is 6.30. The summed E-state index contributed by atoms with van der Waals surface area (Å²) in [6.07, 6.45) is 3.68. The third kappa shape index (κ3) is 4.61. The predicted octanol–water partition coefficient (Wildman–Crippen LogP) is 5.51. The molecule has 0 aliphatic carbocycles. The molecular formula is C23H23ClN4O. The van der Waals surface area contributed by atoms with Crippen LogP contribution in [0.25, 0.3) is 11.5 Å². The van der Waals surface area contributed by atoms with Crippen molar-refractivity contribution in [2.24, 2.45) is 0 Å². The second-order valence-corrected chi connectivity index (χ2v) is 7.66. The van der Waals surface area contributed by atoms with Gasteiger partial charge in [0, 0.05) is 17.1 Å². The van der Waals surface area contributed by atoms with Gasteiger partial charge in [0.05, 0.1) is 6.04 Å². The lowest BCUT2D eigenvalue weighted by Crippen LogP contribution is -2.37. The second-order valence-electron chi connectivity index (χ2n) is 7.22. The lowest BCUT2D eigenvalue weighted by Gasteiger charge is -2.35. The Balaban J connectivity index is 1.56. The molecule has 1 fully saturated rings. The minimum Gasteiger partial charge on any atom is -0.419 e. The van der Waals surface area contributed by atoms with Crippen molar-refractivity contribution in [3.63, 3.8) is 0 Å². The first-order valence-corrected chi connectivity index (χ1v) is 10.3. The number of hydrogen-bond acceptors (Lipinski definition) is 5. The predicted molar refractivity (Wildman–Crippen MR) is 115 cm³/mol. The largest absolute Gasteiger partial charge is 0.419 e. The van der Waals surface area contributed by atoms with Gasteiger partial charge < -0.3 is 9.73 Å². The van der Waals surface area contributed by atoms with Crippen LogP contribution in [0.4, 0.5) is 5.88 Å². The Bertz CT molecular complexity index is 972. The third-order valence-electron chi connectivity index (χ3n) is 5.30. The quantitative estimate of drug-likeness (QED) is 0.585. The summed E-state index contributed by atoms with van der Waals surface area (Å²) in [6.45, 7) is 2.75. The molecular weight excluding hydrogens is 384 g/mol. The molecule has 1 saturated heterocycles. The molecule has 0 amide bonds. The van der Waals surface area contributed by atoms with Crippen LogP contribution in [-0.2, 0) is 0 Å². The van der Waals surface area contributed by atoms with Crippen LogP contribution in [0.2, 0.25) is 5.02 Å². The number of anilines is 1. The van der Waals surface area contributed by atoms with Crippen LogP contribution in [0, 0.1) is 11.3 Å². The minimum absolute atomic E-state index is 0.171. The number of aromatic nitrogens is 1. The standard InChI is InChI=1S/C23H23ClN4O/c24-19-11-9-17(10-12-19)21(28-13-5-2-6-14-28)16-26-23-20(15-25)27-22(29-23)18-7-3-1-4-8-18/h1,3-4,7-12,21,26H,2,5-6,13-14,16H2. The van der Waals surface area contributed by atoms with E-state index in [1.54, 1.807) is 0 Å². The second kappa shape index (κ2) is 9.13. The van der Waals surface area contributed by atoms with Gasteiger partial charge in [-0.1, -0.05) is 48.4 Å². The van der Waals surface area contributed by atoms with E-state index in [1.165, 1.54) is 24.8 Å². The van der Waals surface area contributed by atoms with Crippen LogP contribution in [0.15, 0.2) is 59.0 Å². The maximum atomic E-state index is 9.50. The normalized spacial score (nSPS) is 15.6. The zero-order valence-electron chi connectivity index (χ0n) is 16.1. The van der Waals surface area contributed by atoms with E-state index in [2.05, 4.69) is 33.4 Å². The Morgan fingerprint density at radius 3 is 2.48 bits per heavy atom. The molecule has 6 heteroatoms. The van der Waals surface area contributed by atoms with Gasteiger partial charge >= 0.3 is 0 Å². The molecule has 4 rings (SSSR count). The zero-order chi connectivity index (χ0) is 20.1. The van der Waals surface area contributed by atoms with Gasteiger partial charge in [-0.25, -0.2) is 0 Å². The molecule has 0 bridgehead atoms. The first-order valence-electron chi connectivity index (χ1n) is 9.94. The molecule has 1 aliphatic rings. The lowest BCUT2D eigenvalue weighted by molar-refractivity contribution is 0.170. The SMILES string of the molecule is N#Cc1nc(-c2ccccc2)oc1NCC(c1ccc(Cl)cc1)N1CCCCC1. The topological polar surface area (TPSA) is 65.1 Å². The molecule has 1 aromatic heterocycles. The zero-order valence-corrected chi connectivity index (χ0v) is 16.9. The summed E-state index contributed by atoms with van der Waals surface area (Å²) in [5.41, 5.74) is 2.32. The van der Waals surface area contributed by atoms with E-state index in [-0.39, 0.29) is 11.7 Å². The number of rotatable bonds is 6. The fourth-order valence-electron chi connectivity index (χ4n) is 3.78. The van der Waals surface area contributed by atoms with E-state index in [9.17, 15) is 5.26 Å². The number of nitrogens with zero attached hydrogens (tertiary/aromatic N) is 3. The monoisotopic (exact) mass is 406 g/mol. The minimum atomic E-state index is 0.171. The lowest BCUT2D eigenvalue weighted by atomic mass is 10.0. The number of hydrogen-bond donors (Lipinski definition) is 1. The first kappa shape index (κ1) is 19.5. The van der Waals surface area contributed by atoms with Crippen molar-refractivity contribution in [1.82, 2.24) is 9.88 Å². The molecule has 2 aromatic carbocycles. The van der Waals surface area contributed by atoms with Crippen molar-refractivity contribution >= 4 is 17.5 Å². The molecule has 1 atom stereocenters. The fraction of sp³-hybridized carbons (Fsp3) is 0.304. The smallest absolute Gasteiger partial charge is 0.232 e. The van der Waals surface area contributed by atoms with Crippen LogP contribution in [-0.4, -0.2) is 29.5 Å². The Morgan fingerprint density at radius 1 is 1.07 bits per heavy atom. The number of likely N-dealkylation sites (tertiary alicyclic amines) is 1. The molecule has 1 unspecified atom stereocenters. The van der Waals surface area contributed by atoms with E-state index in [0.29, 0.717) is 18.3 Å². The Hall–Kier alpha value is -2.81. The number of halogens is 1. The maximum Gasteiger partial charge on any atom is 0.232 e. The number of oxazole rings is 1. The number of nitriles is 1. The highest BCUT2D eigenvalue weighted by Gasteiger charge is 2.24. The summed E-state index contributed by atoms with van der Waals surface area (Å²) < 4.78 is 5.90. The molecule has 3 aromatic rings. The van der Waals surface area contributed by atoms with E-state index in [0.717, 1.165) is 23.7 Å². The van der Waals surface area contributed by atoms with Gasteiger partial charge in [0.15, 0.2) is 0 Å². The summed E-state index contributed by atoms with van der Waals surface area (Å²) in [6, 6.07) is 19.9. The van der Waals surface area contributed by atoms with Crippen LogP contribution in [0.1, 0.15) is 36.6 Å². The van der Waals surface area contributed by atoms with Crippen LogP contribution < -0.4 is 5.32 Å². The Kier molecular flexibility index (Phi) is 6.14. The molecule has 1 aliphatic heterocycles. The van der Waals surface area contributed by atoms with E-state index < -0.39 is 0 Å². The number of nitrogens with one attached hydrogen (secondary N) is 1. The van der Waals surface area contributed by atoms with Crippen molar-refractivity contribution < 1.29 is 4.42 Å². The fourth-order valence-corrected chi connectivity index (χ4v) is 3.91. The highest BCUT2D eigenvalue weighted by atomic mass is 35.5. The van der Waals surface area contributed by atoms with Crippen LogP contribution in [0.5, 0.6) is 0 Å². The average Bonchev–Trinajstić information content (AvgIpc) is 3.20. The summed E-state index contributed by atoms with van der Waals surface area (Å²) in [5, 5.41) is 13.6. The molecule has 0 radical (unpaired) electrons. The summed E-state index contributed by atoms with van der Waals surface area (Å²) in [7, 11) is 0. The van der Waals surface area contributed by atoms with E-state index >= 15 is 0 Å². The van der Waals surface area contributed by atoms with Crippen molar-refractivity contribution in [3.8, 4) is 17.5 Å². The Morgan fingerprint density at radius 2 is 1.79 bits per heavy atom.